The van der Waals surface area contributed by atoms with Gasteiger partial charge in [-0.05, 0) is 12.1 Å². The Morgan fingerprint density at radius 1 is 0.958 bits per heavy atom. The first kappa shape index (κ1) is 14.2. The third-order valence-corrected chi connectivity index (χ3v) is 3.77. The lowest BCUT2D eigenvalue weighted by molar-refractivity contribution is 0.417. The normalized spacial score (nSPS) is 10.7. The lowest BCUT2D eigenvalue weighted by Gasteiger charge is -2.11. The van der Waals surface area contributed by atoms with E-state index in [1.165, 1.54) is 6.33 Å². The van der Waals surface area contributed by atoms with Crippen molar-refractivity contribution < 1.29 is 4.74 Å². The highest BCUT2D eigenvalue weighted by Gasteiger charge is 2.15. The zero-order valence-electron chi connectivity index (χ0n) is 13.0. The summed E-state index contributed by atoms with van der Waals surface area (Å²) < 4.78 is 5.40. The molecule has 2 N–H and O–H groups in total. The smallest absolute Gasteiger partial charge is 0.186 e. The van der Waals surface area contributed by atoms with Crippen molar-refractivity contribution in [3.8, 4) is 17.0 Å². The Balaban J connectivity index is 1.86. The number of hydrogen-bond acceptors (Lipinski definition) is 5. The average Bonchev–Trinajstić information content (AvgIpc) is 3.08. The standard InChI is InChI=1S/C18H15N5O/c1-24-14-10-6-5-9-13(14)21-17-15-16(12-7-3-2-4-8-12)22-23-18(15)20-11-19-17/h2-11H,1H3,(H2,19,20,21,22,23). The number of methoxy groups -OCH3 is 1. The number of hydrogen-bond donors (Lipinski definition) is 2. The summed E-state index contributed by atoms with van der Waals surface area (Å²) in [7, 11) is 1.64. The molecule has 24 heavy (non-hydrogen) atoms. The Kier molecular flexibility index (Phi) is 3.55. The van der Waals surface area contributed by atoms with E-state index in [0.717, 1.165) is 28.1 Å². The largest absolute Gasteiger partial charge is 0.495 e. The van der Waals surface area contributed by atoms with Gasteiger partial charge in [-0.15, -0.1) is 0 Å². The van der Waals surface area contributed by atoms with Crippen LogP contribution in [-0.2, 0) is 0 Å². The second-order valence-corrected chi connectivity index (χ2v) is 5.21. The molecule has 0 aliphatic heterocycles. The molecule has 0 bridgehead atoms. The van der Waals surface area contributed by atoms with Crippen LogP contribution in [0.2, 0.25) is 0 Å². The minimum absolute atomic E-state index is 0.612. The molecule has 0 fully saturated rings. The van der Waals surface area contributed by atoms with Crippen LogP contribution >= 0.6 is 0 Å². The molecule has 0 saturated carbocycles. The summed E-state index contributed by atoms with van der Waals surface area (Å²) in [6.07, 6.45) is 1.50. The molecule has 0 amide bonds. The van der Waals surface area contributed by atoms with Crippen molar-refractivity contribution in [2.24, 2.45) is 0 Å². The Bertz CT molecular complexity index is 981. The van der Waals surface area contributed by atoms with E-state index in [-0.39, 0.29) is 0 Å². The number of nitrogens with one attached hydrogen (secondary N) is 2. The summed E-state index contributed by atoms with van der Waals surface area (Å²) in [6.45, 7) is 0. The van der Waals surface area contributed by atoms with Crippen LogP contribution in [0.1, 0.15) is 0 Å². The molecule has 0 unspecified atom stereocenters. The number of fused-ring (bicyclic) bond motifs is 1. The molecule has 0 atom stereocenters. The van der Waals surface area contributed by atoms with Gasteiger partial charge in [-0.2, -0.15) is 5.10 Å². The zero-order valence-corrected chi connectivity index (χ0v) is 13.0. The lowest BCUT2D eigenvalue weighted by atomic mass is 10.1. The number of anilines is 2. The van der Waals surface area contributed by atoms with Crippen LogP contribution in [-0.4, -0.2) is 27.3 Å². The first-order chi connectivity index (χ1) is 11.9. The summed E-state index contributed by atoms with van der Waals surface area (Å²) in [5.74, 6) is 1.42. The summed E-state index contributed by atoms with van der Waals surface area (Å²) in [6, 6.07) is 17.7. The van der Waals surface area contributed by atoms with Gasteiger partial charge in [0.1, 0.15) is 17.9 Å². The van der Waals surface area contributed by atoms with Crippen molar-refractivity contribution in [1.29, 1.82) is 0 Å². The van der Waals surface area contributed by atoms with E-state index in [4.69, 9.17) is 4.74 Å². The molecule has 118 valence electrons. The number of ether oxygens (including phenoxy) is 1. The van der Waals surface area contributed by atoms with E-state index in [0.29, 0.717) is 11.5 Å². The van der Waals surface area contributed by atoms with Crippen LogP contribution in [0.5, 0.6) is 5.75 Å². The number of para-hydroxylation sites is 2. The predicted molar refractivity (Wildman–Crippen MR) is 93.4 cm³/mol. The van der Waals surface area contributed by atoms with Crippen molar-refractivity contribution in [3.05, 3.63) is 60.9 Å². The number of aromatic nitrogens is 4. The van der Waals surface area contributed by atoms with Gasteiger partial charge in [-0.25, -0.2) is 9.97 Å². The molecule has 4 rings (SSSR count). The Labute approximate surface area is 138 Å². The SMILES string of the molecule is COc1ccccc1Nc1ncnc2n[nH]c(-c3ccccc3)c12. The Morgan fingerprint density at radius 3 is 2.58 bits per heavy atom. The summed E-state index contributed by atoms with van der Waals surface area (Å²) in [5, 5.41) is 11.5. The molecule has 6 nitrogen and oxygen atoms in total. The first-order valence-electron chi connectivity index (χ1n) is 7.51. The molecule has 2 heterocycles. The predicted octanol–water partition coefficient (Wildman–Crippen LogP) is 3.77. The van der Waals surface area contributed by atoms with Crippen LogP contribution in [0.15, 0.2) is 60.9 Å². The van der Waals surface area contributed by atoms with Gasteiger partial charge in [0.05, 0.1) is 23.9 Å². The number of H-pyrrole nitrogens is 1. The molecule has 6 heteroatoms. The molecule has 0 radical (unpaired) electrons. The maximum Gasteiger partial charge on any atom is 0.186 e. The summed E-state index contributed by atoms with van der Waals surface area (Å²) >= 11 is 0. The van der Waals surface area contributed by atoms with Crippen molar-refractivity contribution >= 4 is 22.5 Å². The summed E-state index contributed by atoms with van der Waals surface area (Å²) in [4.78, 5) is 8.65. The highest BCUT2D eigenvalue weighted by Crippen LogP contribution is 2.33. The fourth-order valence-electron chi connectivity index (χ4n) is 2.64. The monoisotopic (exact) mass is 317 g/mol. The third-order valence-electron chi connectivity index (χ3n) is 3.77. The van der Waals surface area contributed by atoms with Gasteiger partial charge >= 0.3 is 0 Å². The van der Waals surface area contributed by atoms with E-state index < -0.39 is 0 Å². The van der Waals surface area contributed by atoms with Gasteiger partial charge in [-0.3, -0.25) is 5.10 Å². The molecular formula is C18H15N5O. The molecular weight excluding hydrogens is 302 g/mol. The van der Waals surface area contributed by atoms with Crippen LogP contribution in [0.3, 0.4) is 0 Å². The number of aromatic amines is 1. The highest BCUT2D eigenvalue weighted by molar-refractivity contribution is 5.99. The van der Waals surface area contributed by atoms with Crippen molar-refractivity contribution in [2.75, 3.05) is 12.4 Å². The number of benzene rings is 2. The van der Waals surface area contributed by atoms with Gasteiger partial charge in [0.25, 0.3) is 0 Å². The molecule has 0 saturated heterocycles. The fraction of sp³-hybridized carbons (Fsp3) is 0.0556. The van der Waals surface area contributed by atoms with E-state index in [9.17, 15) is 0 Å². The minimum atomic E-state index is 0.612. The average molecular weight is 317 g/mol. The topological polar surface area (TPSA) is 75.7 Å². The van der Waals surface area contributed by atoms with E-state index >= 15 is 0 Å². The molecule has 0 aliphatic carbocycles. The number of rotatable bonds is 4. The quantitative estimate of drug-likeness (QED) is 0.599. The van der Waals surface area contributed by atoms with E-state index in [2.05, 4.69) is 25.5 Å². The van der Waals surface area contributed by atoms with Gasteiger partial charge in [0, 0.05) is 5.56 Å². The van der Waals surface area contributed by atoms with Gasteiger partial charge in [0.2, 0.25) is 0 Å². The second kappa shape index (κ2) is 6.00. The van der Waals surface area contributed by atoms with Crippen LogP contribution in [0.25, 0.3) is 22.3 Å². The van der Waals surface area contributed by atoms with Crippen molar-refractivity contribution in [3.63, 3.8) is 0 Å². The first-order valence-corrected chi connectivity index (χ1v) is 7.51. The lowest BCUT2D eigenvalue weighted by Crippen LogP contribution is -1.98. The summed E-state index contributed by atoms with van der Waals surface area (Å²) in [5.41, 5.74) is 3.35. The minimum Gasteiger partial charge on any atom is -0.495 e. The molecule has 4 aromatic rings. The fourth-order valence-corrected chi connectivity index (χ4v) is 2.64. The number of nitrogens with zero attached hydrogens (tertiary/aromatic N) is 3. The van der Waals surface area contributed by atoms with Crippen LogP contribution in [0, 0.1) is 0 Å². The van der Waals surface area contributed by atoms with Crippen LogP contribution < -0.4 is 10.1 Å². The second-order valence-electron chi connectivity index (χ2n) is 5.21. The highest BCUT2D eigenvalue weighted by atomic mass is 16.5. The molecule has 2 aromatic heterocycles. The maximum atomic E-state index is 5.40. The molecule has 0 aliphatic rings. The molecule has 2 aromatic carbocycles. The van der Waals surface area contributed by atoms with Crippen molar-refractivity contribution in [2.45, 2.75) is 0 Å². The van der Waals surface area contributed by atoms with E-state index in [1.807, 2.05) is 54.6 Å². The van der Waals surface area contributed by atoms with Gasteiger partial charge in [-0.1, -0.05) is 42.5 Å². The Hall–Kier alpha value is -3.41. The van der Waals surface area contributed by atoms with E-state index in [1.54, 1.807) is 7.11 Å². The van der Waals surface area contributed by atoms with Gasteiger partial charge < -0.3 is 10.1 Å². The Morgan fingerprint density at radius 2 is 1.75 bits per heavy atom. The maximum absolute atomic E-state index is 5.40. The molecule has 0 spiro atoms. The van der Waals surface area contributed by atoms with Gasteiger partial charge in [0.15, 0.2) is 5.65 Å². The zero-order chi connectivity index (χ0) is 16.4. The third kappa shape index (κ3) is 2.44. The van der Waals surface area contributed by atoms with Crippen molar-refractivity contribution in [1.82, 2.24) is 20.2 Å². The van der Waals surface area contributed by atoms with Crippen LogP contribution in [0.4, 0.5) is 11.5 Å².